The van der Waals surface area contributed by atoms with Gasteiger partial charge in [-0.2, -0.15) is 0 Å². The molecule has 2 atom stereocenters. The fourth-order valence-corrected chi connectivity index (χ4v) is 4.45. The Morgan fingerprint density at radius 1 is 1.38 bits per heavy atom. The molecule has 2 heterocycles. The van der Waals surface area contributed by atoms with E-state index < -0.39 is 7.60 Å². The van der Waals surface area contributed by atoms with Gasteiger partial charge in [-0.15, -0.1) is 0 Å². The number of imidazole rings is 1. The molecule has 12 heteroatoms. The first-order valence-corrected chi connectivity index (χ1v) is 12.6. The van der Waals surface area contributed by atoms with Gasteiger partial charge in [0.25, 0.3) is 0 Å². The largest absolute Gasteiger partial charge is 0.382 e. The Morgan fingerprint density at radius 2 is 2.19 bits per heavy atom. The van der Waals surface area contributed by atoms with E-state index in [-0.39, 0.29) is 19.1 Å². The summed E-state index contributed by atoms with van der Waals surface area (Å²) in [5, 5.41) is 0. The smallest absolute Gasteiger partial charge is 0.353 e. The lowest BCUT2D eigenvalue weighted by atomic mass is 10.4. The summed E-state index contributed by atoms with van der Waals surface area (Å²) in [7, 11) is -0.279. The summed E-state index contributed by atoms with van der Waals surface area (Å²) in [5.41, 5.74) is 6.87. The summed E-state index contributed by atoms with van der Waals surface area (Å²) in [6.07, 6.45) is 6.00. The second-order valence-corrected chi connectivity index (χ2v) is 10.1. The Hall–Kier alpha value is -0.840. The highest BCUT2D eigenvalue weighted by atomic mass is 33.1. The molecule has 2 aromatic heterocycles. The minimum atomic E-state index is -3.75. The minimum Gasteiger partial charge on any atom is -0.382 e. The van der Waals surface area contributed by atoms with Gasteiger partial charge in [0.1, 0.15) is 18.2 Å². The predicted octanol–water partition coefficient (Wildman–Crippen LogP) is 2.76. The molecular formula is C14H24N5O4PS2. The maximum Gasteiger partial charge on any atom is 0.353 e. The molecule has 0 spiro atoms. The van der Waals surface area contributed by atoms with E-state index in [0.717, 1.165) is 18.6 Å². The third-order valence-electron chi connectivity index (χ3n) is 3.44. The zero-order valence-corrected chi connectivity index (χ0v) is 17.3. The molecule has 0 bridgehead atoms. The van der Waals surface area contributed by atoms with Crippen LogP contribution in [-0.2, 0) is 20.4 Å². The number of nitrogen functional groups attached to an aromatic ring is 1. The van der Waals surface area contributed by atoms with Gasteiger partial charge in [-0.25, -0.2) is 15.0 Å². The van der Waals surface area contributed by atoms with Crippen molar-refractivity contribution in [2.45, 2.75) is 32.4 Å². The first kappa shape index (κ1) is 21.5. The number of hydrogen-bond donors (Lipinski definition) is 2. The highest BCUT2D eigenvalue weighted by Gasteiger charge is 2.21. The molecule has 0 aromatic carbocycles. The topological polar surface area (TPSA) is 125 Å². The molecule has 2 aromatic rings. The monoisotopic (exact) mass is 421 g/mol. The molecule has 1 unspecified atom stereocenters. The molecule has 2 rings (SSSR count). The van der Waals surface area contributed by atoms with Crippen LogP contribution in [0.1, 0.15) is 19.8 Å². The Labute approximate surface area is 160 Å². The molecule has 0 saturated heterocycles. The number of hydrogen-bond acceptors (Lipinski definition) is 9. The van der Waals surface area contributed by atoms with Crippen LogP contribution in [0, 0.1) is 0 Å². The Balaban J connectivity index is 1.75. The summed E-state index contributed by atoms with van der Waals surface area (Å²) in [4.78, 5) is 22.1. The van der Waals surface area contributed by atoms with Crippen LogP contribution >= 0.6 is 29.2 Å². The standard InChI is InChI=1S/C14H24N5O4PS2/c1-11(7-19-9-18-12-13(15)16-8-17-14(12)19)22-10-24(20,21)23-5-3-4-6-26-25-2/h8-9,11H,3-7,10H2,1-2H3,(H,20,21)(H2,15,16,17)/t11-/m1/s1. The highest BCUT2D eigenvalue weighted by Crippen LogP contribution is 2.42. The third-order valence-corrected chi connectivity index (χ3v) is 6.40. The zero-order valence-electron chi connectivity index (χ0n) is 14.8. The number of fused-ring (bicyclic) bond motifs is 1. The fraction of sp³-hybridized carbons (Fsp3) is 0.643. The zero-order chi connectivity index (χ0) is 19.0. The lowest BCUT2D eigenvalue weighted by Gasteiger charge is -2.17. The van der Waals surface area contributed by atoms with Crippen molar-refractivity contribution >= 4 is 46.2 Å². The van der Waals surface area contributed by atoms with Gasteiger partial charge in [-0.3, -0.25) is 4.57 Å². The van der Waals surface area contributed by atoms with E-state index in [2.05, 4.69) is 15.0 Å². The molecule has 0 aliphatic rings. The van der Waals surface area contributed by atoms with E-state index in [4.69, 9.17) is 15.0 Å². The molecule has 146 valence electrons. The van der Waals surface area contributed by atoms with Crippen molar-refractivity contribution in [1.29, 1.82) is 0 Å². The SMILES string of the molecule is CSSCCCCOP(=O)(O)CO[C@H](C)Cn1cnc2c(N)ncnc21. The maximum absolute atomic E-state index is 12.0. The van der Waals surface area contributed by atoms with Gasteiger partial charge in [0, 0.05) is 5.75 Å². The minimum absolute atomic E-state index is 0.253. The molecule has 0 fully saturated rings. The van der Waals surface area contributed by atoms with E-state index in [1.165, 1.54) is 6.33 Å². The van der Waals surface area contributed by atoms with Crippen molar-refractivity contribution in [2.75, 3.05) is 30.7 Å². The van der Waals surface area contributed by atoms with Crippen LogP contribution in [0.5, 0.6) is 0 Å². The van der Waals surface area contributed by atoms with Gasteiger partial charge >= 0.3 is 7.60 Å². The number of anilines is 1. The van der Waals surface area contributed by atoms with Gasteiger partial charge in [0.05, 0.1) is 25.6 Å². The van der Waals surface area contributed by atoms with E-state index in [9.17, 15) is 9.46 Å². The second-order valence-electron chi connectivity index (χ2n) is 5.60. The molecular weight excluding hydrogens is 397 g/mol. The van der Waals surface area contributed by atoms with Crippen molar-refractivity contribution in [3.05, 3.63) is 12.7 Å². The summed E-state index contributed by atoms with van der Waals surface area (Å²) in [6, 6.07) is 0. The summed E-state index contributed by atoms with van der Waals surface area (Å²) < 4.78 is 24.4. The Morgan fingerprint density at radius 3 is 2.96 bits per heavy atom. The van der Waals surface area contributed by atoms with E-state index >= 15 is 0 Å². The van der Waals surface area contributed by atoms with E-state index in [1.54, 1.807) is 39.4 Å². The average molecular weight is 421 g/mol. The summed E-state index contributed by atoms with van der Waals surface area (Å²) in [5.74, 6) is 1.31. The number of unbranched alkanes of at least 4 members (excludes halogenated alkanes) is 1. The van der Waals surface area contributed by atoms with Crippen LogP contribution in [-0.4, -0.2) is 55.5 Å². The van der Waals surface area contributed by atoms with Gasteiger partial charge in [-0.1, -0.05) is 21.6 Å². The lowest BCUT2D eigenvalue weighted by Crippen LogP contribution is -2.17. The van der Waals surface area contributed by atoms with E-state index in [1.807, 2.05) is 6.26 Å². The molecule has 0 amide bonds. The highest BCUT2D eigenvalue weighted by molar-refractivity contribution is 8.76. The number of nitrogens with zero attached hydrogens (tertiary/aromatic N) is 4. The number of aromatic nitrogens is 4. The van der Waals surface area contributed by atoms with Crippen LogP contribution in [0.25, 0.3) is 11.2 Å². The molecule has 26 heavy (non-hydrogen) atoms. The van der Waals surface area contributed by atoms with Gasteiger partial charge < -0.3 is 24.5 Å². The summed E-state index contributed by atoms with van der Waals surface area (Å²) in [6.45, 7) is 2.47. The normalized spacial score (nSPS) is 15.2. The van der Waals surface area contributed by atoms with E-state index in [0.29, 0.717) is 23.5 Å². The number of rotatable bonds is 12. The van der Waals surface area contributed by atoms with Crippen molar-refractivity contribution < 1.29 is 18.7 Å². The van der Waals surface area contributed by atoms with Crippen LogP contribution in [0.3, 0.4) is 0 Å². The first-order valence-electron chi connectivity index (χ1n) is 8.08. The van der Waals surface area contributed by atoms with Crippen molar-refractivity contribution in [2.24, 2.45) is 0 Å². The lowest BCUT2D eigenvalue weighted by molar-refractivity contribution is 0.0716. The quantitative estimate of drug-likeness (QED) is 0.300. The van der Waals surface area contributed by atoms with Crippen molar-refractivity contribution in [3.8, 4) is 0 Å². The Kier molecular flexibility index (Phi) is 8.65. The molecule has 0 radical (unpaired) electrons. The van der Waals surface area contributed by atoms with Crippen molar-refractivity contribution in [1.82, 2.24) is 19.5 Å². The Bertz CT molecular complexity index is 747. The second kappa shape index (κ2) is 10.5. The molecule has 9 nitrogen and oxygen atoms in total. The predicted molar refractivity (Wildman–Crippen MR) is 106 cm³/mol. The molecule has 0 aliphatic heterocycles. The van der Waals surface area contributed by atoms with Crippen LogP contribution < -0.4 is 5.73 Å². The summed E-state index contributed by atoms with van der Waals surface area (Å²) >= 11 is 0. The fourth-order valence-electron chi connectivity index (χ4n) is 2.17. The van der Waals surface area contributed by atoms with Crippen LogP contribution in [0.2, 0.25) is 0 Å². The number of ether oxygens (including phenoxy) is 1. The molecule has 0 aliphatic carbocycles. The molecule has 3 N–H and O–H groups in total. The number of nitrogens with two attached hydrogens (primary N) is 1. The van der Waals surface area contributed by atoms with Crippen molar-refractivity contribution in [3.63, 3.8) is 0 Å². The van der Waals surface area contributed by atoms with Gasteiger partial charge in [0.2, 0.25) is 0 Å². The van der Waals surface area contributed by atoms with Gasteiger partial charge in [-0.05, 0) is 26.0 Å². The maximum atomic E-state index is 12.0. The van der Waals surface area contributed by atoms with Gasteiger partial charge in [0.15, 0.2) is 11.5 Å². The van der Waals surface area contributed by atoms with Crippen LogP contribution in [0.15, 0.2) is 12.7 Å². The average Bonchev–Trinajstić information content (AvgIpc) is 3.01. The molecule has 0 saturated carbocycles. The third kappa shape index (κ3) is 6.71. The first-order chi connectivity index (χ1) is 12.4. The van der Waals surface area contributed by atoms with Crippen LogP contribution in [0.4, 0.5) is 5.82 Å².